The number of nitrogens with zero attached hydrogens (tertiary/aromatic N) is 2. The molecule has 2 fully saturated rings. The van der Waals surface area contributed by atoms with Gasteiger partial charge in [0, 0.05) is 31.9 Å². The number of para-hydroxylation sites is 1. The molecule has 2 N–H and O–H groups in total. The van der Waals surface area contributed by atoms with Crippen molar-refractivity contribution in [3.63, 3.8) is 0 Å². The van der Waals surface area contributed by atoms with Gasteiger partial charge < -0.3 is 20.0 Å². The Balaban J connectivity index is 1.43. The maximum Gasteiger partial charge on any atom is 0.307 e. The van der Waals surface area contributed by atoms with Crippen LogP contribution in [0.3, 0.4) is 0 Å². The highest BCUT2D eigenvalue weighted by Crippen LogP contribution is 2.43. The Morgan fingerprint density at radius 1 is 0.867 bits per heavy atom. The summed E-state index contributed by atoms with van der Waals surface area (Å²) < 4.78 is 0. The number of rotatable bonds is 4. The standard InChI is InChI=1S/C24H28N2O4/c27-22(26-15-13-25(14-16-26)19-9-5-2-6-10-19)20-11-12-24(30,17-21(20)23(28)29)18-7-3-1-4-8-18/h1-10,20-21,30H,11-17H2,(H,28,29)/t20-,21-,24?/m0/s1. The lowest BCUT2D eigenvalue weighted by atomic mass is 9.68. The van der Waals surface area contributed by atoms with E-state index in [1.54, 1.807) is 4.90 Å². The molecule has 1 saturated carbocycles. The second kappa shape index (κ2) is 8.48. The molecule has 1 aliphatic carbocycles. The molecule has 1 heterocycles. The van der Waals surface area contributed by atoms with E-state index in [4.69, 9.17) is 0 Å². The molecule has 2 aromatic carbocycles. The van der Waals surface area contributed by atoms with Gasteiger partial charge in [-0.1, -0.05) is 48.5 Å². The zero-order valence-corrected chi connectivity index (χ0v) is 17.0. The van der Waals surface area contributed by atoms with E-state index in [0.29, 0.717) is 25.9 Å². The van der Waals surface area contributed by atoms with Gasteiger partial charge in [-0.3, -0.25) is 9.59 Å². The molecule has 2 aromatic rings. The van der Waals surface area contributed by atoms with Crippen molar-refractivity contribution in [2.75, 3.05) is 31.1 Å². The lowest BCUT2D eigenvalue weighted by molar-refractivity contribution is -0.159. The SMILES string of the molecule is O=C(O)[C@H]1CC(O)(c2ccccc2)CC[C@@H]1C(=O)N1CCN(c2ccccc2)CC1. The van der Waals surface area contributed by atoms with E-state index < -0.39 is 23.4 Å². The quantitative estimate of drug-likeness (QED) is 0.813. The monoisotopic (exact) mass is 408 g/mol. The van der Waals surface area contributed by atoms with Crippen molar-refractivity contribution in [1.82, 2.24) is 4.90 Å². The molecular formula is C24H28N2O4. The minimum atomic E-state index is -1.20. The maximum absolute atomic E-state index is 13.2. The van der Waals surface area contributed by atoms with Crippen molar-refractivity contribution >= 4 is 17.6 Å². The zero-order valence-electron chi connectivity index (χ0n) is 17.0. The molecule has 1 aliphatic heterocycles. The van der Waals surface area contributed by atoms with Crippen LogP contribution in [0.25, 0.3) is 0 Å². The maximum atomic E-state index is 13.2. The van der Waals surface area contributed by atoms with E-state index >= 15 is 0 Å². The molecular weight excluding hydrogens is 380 g/mol. The summed E-state index contributed by atoms with van der Waals surface area (Å²) in [7, 11) is 0. The first kappa shape index (κ1) is 20.4. The highest BCUT2D eigenvalue weighted by molar-refractivity contribution is 5.85. The highest BCUT2D eigenvalue weighted by atomic mass is 16.4. The largest absolute Gasteiger partial charge is 0.481 e. The Kier molecular flexibility index (Phi) is 5.77. The van der Waals surface area contributed by atoms with Gasteiger partial charge in [-0.15, -0.1) is 0 Å². The molecule has 30 heavy (non-hydrogen) atoms. The number of piperazine rings is 1. The minimum absolute atomic E-state index is 0.0622. The van der Waals surface area contributed by atoms with Crippen LogP contribution < -0.4 is 4.90 Å². The average Bonchev–Trinajstić information content (AvgIpc) is 2.80. The molecule has 1 amide bonds. The zero-order chi connectivity index (χ0) is 21.1. The van der Waals surface area contributed by atoms with Crippen LogP contribution in [0.15, 0.2) is 60.7 Å². The smallest absolute Gasteiger partial charge is 0.307 e. The number of carboxylic acids is 1. The number of amides is 1. The minimum Gasteiger partial charge on any atom is -0.481 e. The van der Waals surface area contributed by atoms with E-state index in [0.717, 1.165) is 24.3 Å². The number of carbonyl (C=O) groups is 2. The molecule has 2 aliphatic rings. The van der Waals surface area contributed by atoms with E-state index in [1.165, 1.54) is 0 Å². The van der Waals surface area contributed by atoms with Crippen LogP contribution in [0.1, 0.15) is 24.8 Å². The molecule has 0 bridgehead atoms. The van der Waals surface area contributed by atoms with Crippen LogP contribution in [-0.2, 0) is 15.2 Å². The fraction of sp³-hybridized carbons (Fsp3) is 0.417. The molecule has 6 nitrogen and oxygen atoms in total. The van der Waals surface area contributed by atoms with Gasteiger partial charge in [-0.2, -0.15) is 0 Å². The number of carbonyl (C=O) groups excluding carboxylic acids is 1. The van der Waals surface area contributed by atoms with Crippen LogP contribution >= 0.6 is 0 Å². The molecule has 4 rings (SSSR count). The number of hydrogen-bond donors (Lipinski definition) is 2. The van der Waals surface area contributed by atoms with Crippen LogP contribution in [0.4, 0.5) is 5.69 Å². The lowest BCUT2D eigenvalue weighted by Gasteiger charge is -2.43. The molecule has 6 heteroatoms. The summed E-state index contributed by atoms with van der Waals surface area (Å²) in [4.78, 5) is 29.3. The van der Waals surface area contributed by atoms with E-state index in [2.05, 4.69) is 17.0 Å². The van der Waals surface area contributed by atoms with Crippen molar-refractivity contribution in [3.05, 3.63) is 66.2 Å². The number of aliphatic hydroxyl groups is 1. The first-order chi connectivity index (χ1) is 14.5. The van der Waals surface area contributed by atoms with Crippen LogP contribution in [0, 0.1) is 11.8 Å². The van der Waals surface area contributed by atoms with Crippen molar-refractivity contribution in [2.24, 2.45) is 11.8 Å². The predicted molar refractivity (Wildman–Crippen MR) is 114 cm³/mol. The van der Waals surface area contributed by atoms with Gasteiger partial charge in [0.2, 0.25) is 5.91 Å². The summed E-state index contributed by atoms with van der Waals surface area (Å²) in [6, 6.07) is 19.3. The summed E-state index contributed by atoms with van der Waals surface area (Å²) >= 11 is 0. The lowest BCUT2D eigenvalue weighted by Crippen LogP contribution is -2.53. The van der Waals surface area contributed by atoms with Gasteiger partial charge in [0.1, 0.15) is 0 Å². The third-order valence-electron chi connectivity index (χ3n) is 6.57. The average molecular weight is 408 g/mol. The fourth-order valence-corrected chi connectivity index (χ4v) is 4.83. The highest BCUT2D eigenvalue weighted by Gasteiger charge is 2.47. The van der Waals surface area contributed by atoms with Crippen molar-refractivity contribution < 1.29 is 19.8 Å². The van der Waals surface area contributed by atoms with Gasteiger partial charge in [0.05, 0.1) is 17.4 Å². The molecule has 1 saturated heterocycles. The molecule has 0 radical (unpaired) electrons. The van der Waals surface area contributed by atoms with Gasteiger partial charge >= 0.3 is 5.97 Å². The van der Waals surface area contributed by atoms with Crippen molar-refractivity contribution in [2.45, 2.75) is 24.9 Å². The first-order valence-corrected chi connectivity index (χ1v) is 10.6. The first-order valence-electron chi connectivity index (χ1n) is 10.6. The van der Waals surface area contributed by atoms with E-state index in [9.17, 15) is 19.8 Å². The summed E-state index contributed by atoms with van der Waals surface area (Å²) in [6.07, 6.45) is 0.827. The Labute approximate surface area is 176 Å². The number of carboxylic acid groups (broad SMARTS) is 1. The van der Waals surface area contributed by atoms with Crippen LogP contribution in [0.5, 0.6) is 0 Å². The second-order valence-electron chi connectivity index (χ2n) is 8.34. The number of anilines is 1. The van der Waals surface area contributed by atoms with Gasteiger partial charge in [-0.25, -0.2) is 0 Å². The molecule has 0 spiro atoms. The summed E-state index contributed by atoms with van der Waals surface area (Å²) in [5, 5.41) is 21.0. The van der Waals surface area contributed by atoms with Crippen molar-refractivity contribution in [1.29, 1.82) is 0 Å². The number of aliphatic carboxylic acids is 1. The molecule has 1 unspecified atom stereocenters. The molecule has 0 aromatic heterocycles. The van der Waals surface area contributed by atoms with E-state index in [1.807, 2.05) is 48.5 Å². The van der Waals surface area contributed by atoms with E-state index in [-0.39, 0.29) is 12.3 Å². The Morgan fingerprint density at radius 3 is 2.07 bits per heavy atom. The van der Waals surface area contributed by atoms with Crippen molar-refractivity contribution in [3.8, 4) is 0 Å². The Hall–Kier alpha value is -2.86. The van der Waals surface area contributed by atoms with Gasteiger partial charge in [-0.05, 0) is 37.0 Å². The second-order valence-corrected chi connectivity index (χ2v) is 8.34. The summed E-state index contributed by atoms with van der Waals surface area (Å²) in [5.41, 5.74) is 0.657. The molecule has 3 atom stereocenters. The summed E-state index contributed by atoms with van der Waals surface area (Å²) in [6.45, 7) is 2.63. The third kappa shape index (κ3) is 4.05. The third-order valence-corrected chi connectivity index (χ3v) is 6.57. The Morgan fingerprint density at radius 2 is 1.47 bits per heavy atom. The normalized spacial score (nSPS) is 27.0. The van der Waals surface area contributed by atoms with Crippen LogP contribution in [-0.4, -0.2) is 53.2 Å². The van der Waals surface area contributed by atoms with Gasteiger partial charge in [0.25, 0.3) is 0 Å². The predicted octanol–water partition coefficient (Wildman–Crippen LogP) is 2.72. The fourth-order valence-electron chi connectivity index (χ4n) is 4.83. The number of hydrogen-bond acceptors (Lipinski definition) is 4. The van der Waals surface area contributed by atoms with Crippen LogP contribution in [0.2, 0.25) is 0 Å². The topological polar surface area (TPSA) is 81.1 Å². The summed E-state index contributed by atoms with van der Waals surface area (Å²) in [5.74, 6) is -2.58. The van der Waals surface area contributed by atoms with Gasteiger partial charge in [0.15, 0.2) is 0 Å². The Bertz CT molecular complexity index is 881. The number of benzene rings is 2. The molecule has 158 valence electrons.